The van der Waals surface area contributed by atoms with Gasteiger partial charge in [0.25, 0.3) is 0 Å². The van der Waals surface area contributed by atoms with Crippen molar-refractivity contribution in [3.63, 3.8) is 0 Å². The minimum Gasteiger partial charge on any atom is -0.495 e. The fourth-order valence-electron chi connectivity index (χ4n) is 7.47. The molecule has 0 radical (unpaired) electrons. The molecule has 2 fully saturated rings. The zero-order valence-electron chi connectivity index (χ0n) is 20.4. The van der Waals surface area contributed by atoms with E-state index in [0.717, 1.165) is 0 Å². The molecule has 0 amide bonds. The van der Waals surface area contributed by atoms with Gasteiger partial charge in [-0.15, -0.1) is 0 Å². The Bertz CT molecular complexity index is 1110. The minimum atomic E-state index is -1.88. The van der Waals surface area contributed by atoms with Crippen molar-refractivity contribution in [2.24, 2.45) is 11.3 Å². The van der Waals surface area contributed by atoms with Gasteiger partial charge in [0, 0.05) is 29.7 Å². The average Bonchev–Trinajstić information content (AvgIpc) is 3.10. The van der Waals surface area contributed by atoms with Gasteiger partial charge in [-0.05, 0) is 39.7 Å². The van der Waals surface area contributed by atoms with Gasteiger partial charge in [0.1, 0.15) is 40.5 Å². The van der Waals surface area contributed by atoms with E-state index in [4.69, 9.17) is 18.9 Å². The van der Waals surface area contributed by atoms with Gasteiger partial charge >= 0.3 is 11.9 Å². The molecule has 1 aliphatic carbocycles. The van der Waals surface area contributed by atoms with E-state index in [1.807, 2.05) is 0 Å². The van der Waals surface area contributed by atoms with Gasteiger partial charge in [-0.25, -0.2) is 4.79 Å². The van der Waals surface area contributed by atoms with Gasteiger partial charge in [-0.2, -0.15) is 0 Å². The molecule has 6 atom stereocenters. The van der Waals surface area contributed by atoms with Crippen LogP contribution in [0.2, 0.25) is 0 Å². The summed E-state index contributed by atoms with van der Waals surface area (Å²) in [4.78, 5) is 25.0. The summed E-state index contributed by atoms with van der Waals surface area (Å²) in [5.74, 6) is -1.20. The van der Waals surface area contributed by atoms with Crippen LogP contribution in [0.4, 0.5) is 0 Å². The first-order chi connectivity index (χ1) is 15.7. The van der Waals surface area contributed by atoms with Gasteiger partial charge in [0.2, 0.25) is 0 Å². The highest BCUT2D eigenvalue weighted by Gasteiger charge is 2.74. The number of esters is 2. The Morgan fingerprint density at radius 2 is 1.76 bits per heavy atom. The fourth-order valence-corrected chi connectivity index (χ4v) is 7.47. The first-order valence-electron chi connectivity index (χ1n) is 11.6. The van der Waals surface area contributed by atoms with E-state index in [1.54, 1.807) is 34.6 Å². The normalized spacial score (nSPS) is 40.0. The largest absolute Gasteiger partial charge is 0.495 e. The Hall–Kier alpha value is -2.36. The number of carbonyl (C=O) groups excluding carboxylic acids is 2. The summed E-state index contributed by atoms with van der Waals surface area (Å²) in [5, 5.41) is 35.5. The summed E-state index contributed by atoms with van der Waals surface area (Å²) in [6.07, 6.45) is -2.36. The molecule has 1 saturated carbocycles. The van der Waals surface area contributed by atoms with E-state index in [9.17, 15) is 24.9 Å². The number of benzene rings is 1. The van der Waals surface area contributed by atoms with Crippen LogP contribution in [-0.4, -0.2) is 57.3 Å². The molecule has 5 rings (SSSR count). The summed E-state index contributed by atoms with van der Waals surface area (Å²) >= 11 is 0. The second kappa shape index (κ2) is 6.86. The molecule has 0 aromatic heterocycles. The maximum atomic E-state index is 12.5. The number of aliphatic hydroxyl groups excluding tert-OH is 2. The second-order valence-corrected chi connectivity index (χ2v) is 11.1. The molecular weight excluding hydrogens is 444 g/mol. The molecule has 9 heteroatoms. The number of aliphatic hydroxyl groups is 3. The summed E-state index contributed by atoms with van der Waals surface area (Å²) in [6.45, 7) is 8.61. The average molecular weight is 477 g/mol. The van der Waals surface area contributed by atoms with Crippen LogP contribution >= 0.6 is 0 Å². The lowest BCUT2D eigenvalue weighted by Crippen LogP contribution is -2.77. The van der Waals surface area contributed by atoms with Crippen molar-refractivity contribution in [3.05, 3.63) is 22.3 Å². The molecule has 1 aromatic carbocycles. The van der Waals surface area contributed by atoms with Crippen LogP contribution in [0.1, 0.15) is 80.1 Å². The minimum absolute atomic E-state index is 0.00446. The molecule has 1 aromatic rings. The highest BCUT2D eigenvalue weighted by Crippen LogP contribution is 2.67. The Morgan fingerprint density at radius 1 is 1.09 bits per heavy atom. The number of carbonyl (C=O) groups is 2. The number of fused-ring (bicyclic) bond motifs is 5. The smallest absolute Gasteiger partial charge is 0.342 e. The highest BCUT2D eigenvalue weighted by atomic mass is 16.6. The van der Waals surface area contributed by atoms with E-state index in [2.05, 4.69) is 0 Å². The molecular formula is C25H32O9. The van der Waals surface area contributed by atoms with E-state index in [-0.39, 0.29) is 37.2 Å². The predicted molar refractivity (Wildman–Crippen MR) is 117 cm³/mol. The molecule has 0 spiro atoms. The summed E-state index contributed by atoms with van der Waals surface area (Å²) in [7, 11) is 1.42. The SMILES string of the molecule is COc1c2c(c(C)c3c1C(O)[C@H]1[C@](C)(C[C@@H](O)[C@@]4(O)C(C)(C)OC(=O)CC[C@]14C)O3)COC2=O. The van der Waals surface area contributed by atoms with Crippen LogP contribution in [0.5, 0.6) is 11.5 Å². The number of rotatable bonds is 1. The first kappa shape index (κ1) is 23.4. The highest BCUT2D eigenvalue weighted by molar-refractivity contribution is 5.98. The van der Waals surface area contributed by atoms with Crippen LogP contribution in [0.3, 0.4) is 0 Å². The standard InChI is InChI=1S/C25H32O9/c1-11-12-10-32-21(29)15(12)19(31-6)16-17(28)20-23(4)8-7-14(27)33-22(2,3)25(23,30)13(26)9-24(20,5)34-18(11)16/h13,17,20,26,28,30H,7-10H2,1-6H3/t13-,17?,20-,23-,24+,25-/m1/s1. The molecule has 3 N–H and O–H groups in total. The lowest BCUT2D eigenvalue weighted by molar-refractivity contribution is -0.315. The van der Waals surface area contributed by atoms with Crippen molar-refractivity contribution in [1.29, 1.82) is 0 Å². The third-order valence-corrected chi connectivity index (χ3v) is 8.95. The van der Waals surface area contributed by atoms with Gasteiger partial charge in [-0.1, -0.05) is 6.92 Å². The molecule has 3 heterocycles. The molecule has 186 valence electrons. The Labute approximate surface area is 198 Å². The summed E-state index contributed by atoms with van der Waals surface area (Å²) in [6, 6.07) is 0. The first-order valence-corrected chi connectivity index (χ1v) is 11.6. The number of hydrogen-bond donors (Lipinski definition) is 3. The van der Waals surface area contributed by atoms with Crippen molar-refractivity contribution >= 4 is 11.9 Å². The maximum absolute atomic E-state index is 12.5. The third kappa shape index (κ3) is 2.55. The second-order valence-electron chi connectivity index (χ2n) is 11.1. The van der Waals surface area contributed by atoms with Crippen molar-refractivity contribution in [2.75, 3.05) is 7.11 Å². The van der Waals surface area contributed by atoms with Gasteiger partial charge in [0.15, 0.2) is 0 Å². The molecule has 9 nitrogen and oxygen atoms in total. The number of methoxy groups -OCH3 is 1. The van der Waals surface area contributed by atoms with E-state index >= 15 is 0 Å². The van der Waals surface area contributed by atoms with Gasteiger partial charge < -0.3 is 34.3 Å². The zero-order chi connectivity index (χ0) is 25.0. The van der Waals surface area contributed by atoms with E-state index in [1.165, 1.54) is 7.11 Å². The monoisotopic (exact) mass is 476 g/mol. The molecule has 3 aliphatic heterocycles. The molecule has 1 unspecified atom stereocenters. The Kier molecular flexibility index (Phi) is 4.72. The van der Waals surface area contributed by atoms with Crippen molar-refractivity contribution in [3.8, 4) is 11.5 Å². The van der Waals surface area contributed by atoms with Crippen LogP contribution < -0.4 is 9.47 Å². The molecule has 34 heavy (non-hydrogen) atoms. The zero-order valence-corrected chi connectivity index (χ0v) is 20.4. The fraction of sp³-hybridized carbons (Fsp3) is 0.680. The van der Waals surface area contributed by atoms with E-state index < -0.39 is 52.3 Å². The van der Waals surface area contributed by atoms with E-state index in [0.29, 0.717) is 22.4 Å². The maximum Gasteiger partial charge on any atom is 0.342 e. The lowest BCUT2D eigenvalue weighted by Gasteiger charge is -2.65. The summed E-state index contributed by atoms with van der Waals surface area (Å²) in [5.41, 5.74) is -3.73. The van der Waals surface area contributed by atoms with Gasteiger partial charge in [-0.3, -0.25) is 4.79 Å². The topological polar surface area (TPSA) is 132 Å². The van der Waals surface area contributed by atoms with Crippen LogP contribution in [0, 0.1) is 18.3 Å². The van der Waals surface area contributed by atoms with Crippen molar-refractivity contribution < 1.29 is 43.9 Å². The molecule has 1 saturated heterocycles. The molecule has 4 aliphatic rings. The molecule has 0 bridgehead atoms. The van der Waals surface area contributed by atoms with Gasteiger partial charge in [0.05, 0.1) is 24.9 Å². The lowest BCUT2D eigenvalue weighted by atomic mass is 9.46. The Morgan fingerprint density at radius 3 is 2.41 bits per heavy atom. The Balaban J connectivity index is 1.78. The van der Waals surface area contributed by atoms with Crippen molar-refractivity contribution in [2.45, 2.75) is 89.5 Å². The predicted octanol–water partition coefficient (Wildman–Crippen LogP) is 2.09. The number of cyclic esters (lactones) is 2. The van der Waals surface area contributed by atoms with Crippen molar-refractivity contribution in [1.82, 2.24) is 0 Å². The third-order valence-electron chi connectivity index (χ3n) is 8.95. The van der Waals surface area contributed by atoms with Crippen LogP contribution in [0.25, 0.3) is 0 Å². The quantitative estimate of drug-likeness (QED) is 0.521. The van der Waals surface area contributed by atoms with Crippen LogP contribution in [-0.2, 0) is 20.9 Å². The van der Waals surface area contributed by atoms with Crippen LogP contribution in [0.15, 0.2) is 0 Å². The summed E-state index contributed by atoms with van der Waals surface area (Å²) < 4.78 is 23.1. The number of hydrogen-bond acceptors (Lipinski definition) is 9. The number of ether oxygens (including phenoxy) is 4.